The summed E-state index contributed by atoms with van der Waals surface area (Å²) in [4.78, 5) is 28.0. The van der Waals surface area contributed by atoms with Crippen molar-refractivity contribution in [1.82, 2.24) is 4.98 Å². The summed E-state index contributed by atoms with van der Waals surface area (Å²) in [5.41, 5.74) is 1.80. The molecule has 1 heterocycles. The van der Waals surface area contributed by atoms with Gasteiger partial charge in [-0.25, -0.2) is 18.2 Å². The topological polar surface area (TPSA) is 102 Å². The molecule has 0 aliphatic carbocycles. The molecule has 0 saturated carbocycles. The highest BCUT2D eigenvalue weighted by Gasteiger charge is 2.14. The van der Waals surface area contributed by atoms with Crippen molar-refractivity contribution >= 4 is 48.4 Å². The van der Waals surface area contributed by atoms with Crippen molar-refractivity contribution in [2.75, 3.05) is 18.2 Å². The van der Waals surface area contributed by atoms with Crippen LogP contribution in [0.15, 0.2) is 48.5 Å². The number of sulfone groups is 1. The van der Waals surface area contributed by atoms with Gasteiger partial charge < -0.3 is 10.1 Å². The predicted molar refractivity (Wildman–Crippen MR) is 113 cm³/mol. The Bertz CT molecular complexity index is 1120. The number of methoxy groups -OCH3 is 1. The van der Waals surface area contributed by atoms with Crippen LogP contribution in [0.3, 0.4) is 0 Å². The summed E-state index contributed by atoms with van der Waals surface area (Å²) in [5, 5.41) is 3.09. The third kappa shape index (κ3) is 5.85. The van der Waals surface area contributed by atoms with Gasteiger partial charge in [-0.05, 0) is 30.2 Å². The molecule has 0 fully saturated rings. The summed E-state index contributed by atoms with van der Waals surface area (Å²) < 4.78 is 29.8. The lowest BCUT2D eigenvalue weighted by molar-refractivity contribution is -0.116. The number of nitrogens with zero attached hydrogens (tertiary/aromatic N) is 1. The Hall–Kier alpha value is -2.78. The standard InChI is InChI=1S/C20H20N2O5S2/c1-27-19(24)15-9-10-16-17(12-15)28-20(21-16)22-18(23)8-5-11-29(25,26)13-14-6-3-2-4-7-14/h2-4,6-7,9-10,12H,5,8,11,13H2,1H3,(H,21,22,23). The van der Waals surface area contributed by atoms with E-state index >= 15 is 0 Å². The molecule has 1 amide bonds. The second-order valence-electron chi connectivity index (χ2n) is 6.42. The molecule has 152 valence electrons. The van der Waals surface area contributed by atoms with Crippen LogP contribution in [0.25, 0.3) is 10.2 Å². The molecule has 1 aromatic heterocycles. The van der Waals surface area contributed by atoms with E-state index in [0.717, 1.165) is 10.3 Å². The molecule has 2 aromatic carbocycles. The normalized spacial score (nSPS) is 11.3. The minimum absolute atomic E-state index is 0.0319. The van der Waals surface area contributed by atoms with Crippen LogP contribution >= 0.6 is 11.3 Å². The monoisotopic (exact) mass is 432 g/mol. The smallest absolute Gasteiger partial charge is 0.337 e. The molecule has 3 aromatic rings. The van der Waals surface area contributed by atoms with Crippen molar-refractivity contribution in [3.63, 3.8) is 0 Å². The first-order chi connectivity index (χ1) is 13.9. The lowest BCUT2D eigenvalue weighted by atomic mass is 10.2. The number of thiazole rings is 1. The van der Waals surface area contributed by atoms with Crippen LogP contribution in [-0.4, -0.2) is 38.1 Å². The quantitative estimate of drug-likeness (QED) is 0.547. The number of hydrogen-bond donors (Lipinski definition) is 1. The molecular weight excluding hydrogens is 412 g/mol. The largest absolute Gasteiger partial charge is 0.465 e. The summed E-state index contributed by atoms with van der Waals surface area (Å²) in [6.07, 6.45) is 0.315. The Kier molecular flexibility index (Phi) is 6.60. The number of amides is 1. The first kappa shape index (κ1) is 20.9. The van der Waals surface area contributed by atoms with Crippen molar-refractivity contribution in [2.45, 2.75) is 18.6 Å². The number of rotatable bonds is 8. The molecule has 0 aliphatic rings. The van der Waals surface area contributed by atoms with Crippen molar-refractivity contribution in [3.8, 4) is 0 Å². The second-order valence-corrected chi connectivity index (χ2v) is 9.64. The van der Waals surface area contributed by atoms with E-state index in [-0.39, 0.29) is 30.3 Å². The molecular formula is C20H20N2O5S2. The van der Waals surface area contributed by atoms with Crippen molar-refractivity contribution in [2.24, 2.45) is 0 Å². The van der Waals surface area contributed by atoms with Crippen LogP contribution in [0.4, 0.5) is 5.13 Å². The molecule has 9 heteroatoms. The van der Waals surface area contributed by atoms with Gasteiger partial charge >= 0.3 is 5.97 Å². The van der Waals surface area contributed by atoms with Crippen LogP contribution in [0.5, 0.6) is 0 Å². The summed E-state index contributed by atoms with van der Waals surface area (Å²) >= 11 is 1.24. The fraction of sp³-hybridized carbons (Fsp3) is 0.250. The van der Waals surface area contributed by atoms with Gasteiger partial charge in [0.05, 0.1) is 34.4 Å². The molecule has 3 rings (SSSR count). The maximum Gasteiger partial charge on any atom is 0.337 e. The van der Waals surface area contributed by atoms with Gasteiger partial charge in [0.25, 0.3) is 0 Å². The number of carbonyl (C=O) groups excluding carboxylic acids is 2. The first-order valence-corrected chi connectivity index (χ1v) is 11.5. The van der Waals surface area contributed by atoms with Gasteiger partial charge in [-0.15, -0.1) is 0 Å². The van der Waals surface area contributed by atoms with Gasteiger partial charge in [0, 0.05) is 6.42 Å². The number of carbonyl (C=O) groups is 2. The van der Waals surface area contributed by atoms with Gasteiger partial charge in [-0.3, -0.25) is 4.79 Å². The van der Waals surface area contributed by atoms with Gasteiger partial charge in [-0.2, -0.15) is 0 Å². The van der Waals surface area contributed by atoms with E-state index in [4.69, 9.17) is 4.74 Å². The highest BCUT2D eigenvalue weighted by atomic mass is 32.2. The van der Waals surface area contributed by atoms with Gasteiger partial charge in [-0.1, -0.05) is 41.7 Å². The molecule has 0 spiro atoms. The lowest BCUT2D eigenvalue weighted by Crippen LogP contribution is -2.15. The second kappa shape index (κ2) is 9.15. The fourth-order valence-electron chi connectivity index (χ4n) is 2.76. The Morgan fingerprint density at radius 2 is 1.90 bits per heavy atom. The Morgan fingerprint density at radius 1 is 1.14 bits per heavy atom. The summed E-state index contributed by atoms with van der Waals surface area (Å²) in [6.45, 7) is 0. The van der Waals surface area contributed by atoms with E-state index in [1.165, 1.54) is 18.4 Å². The SMILES string of the molecule is COC(=O)c1ccc2nc(NC(=O)CCCS(=O)(=O)Cc3ccccc3)sc2c1. The van der Waals surface area contributed by atoms with Crippen LogP contribution in [-0.2, 0) is 25.1 Å². The zero-order chi connectivity index (χ0) is 20.9. The molecule has 0 atom stereocenters. The van der Waals surface area contributed by atoms with E-state index < -0.39 is 15.8 Å². The number of fused-ring (bicyclic) bond motifs is 1. The molecule has 0 radical (unpaired) electrons. The fourth-order valence-corrected chi connectivity index (χ4v) is 5.11. The number of aromatic nitrogens is 1. The molecule has 0 bridgehead atoms. The number of ether oxygens (including phenoxy) is 1. The summed E-state index contributed by atoms with van der Waals surface area (Å²) in [7, 11) is -1.97. The van der Waals surface area contributed by atoms with Gasteiger partial charge in [0.2, 0.25) is 5.91 Å². The maximum atomic E-state index is 12.2. The van der Waals surface area contributed by atoms with Gasteiger partial charge in [0.1, 0.15) is 0 Å². The average Bonchev–Trinajstić information content (AvgIpc) is 3.08. The van der Waals surface area contributed by atoms with E-state index in [1.54, 1.807) is 42.5 Å². The molecule has 1 N–H and O–H groups in total. The van der Waals surface area contributed by atoms with Crippen LogP contribution in [0, 0.1) is 0 Å². The molecule has 0 unspecified atom stereocenters. The molecule has 7 nitrogen and oxygen atoms in total. The maximum absolute atomic E-state index is 12.2. The van der Waals surface area contributed by atoms with Crippen molar-refractivity contribution in [3.05, 3.63) is 59.7 Å². The van der Waals surface area contributed by atoms with Crippen LogP contribution < -0.4 is 5.32 Å². The summed E-state index contributed by atoms with van der Waals surface area (Å²) in [6, 6.07) is 13.9. The predicted octanol–water partition coefficient (Wildman–Crippen LogP) is 3.42. The average molecular weight is 433 g/mol. The minimum atomic E-state index is -3.28. The van der Waals surface area contributed by atoms with Gasteiger partial charge in [0.15, 0.2) is 15.0 Å². The minimum Gasteiger partial charge on any atom is -0.465 e. The number of nitrogens with one attached hydrogen (secondary N) is 1. The number of esters is 1. The molecule has 29 heavy (non-hydrogen) atoms. The Morgan fingerprint density at radius 3 is 2.62 bits per heavy atom. The lowest BCUT2D eigenvalue weighted by Gasteiger charge is -2.05. The van der Waals surface area contributed by atoms with Crippen LogP contribution in [0.2, 0.25) is 0 Å². The highest BCUT2D eigenvalue weighted by Crippen LogP contribution is 2.27. The first-order valence-electron chi connectivity index (χ1n) is 8.89. The summed E-state index contributed by atoms with van der Waals surface area (Å²) in [5.74, 6) is -0.831. The zero-order valence-corrected chi connectivity index (χ0v) is 17.4. The van der Waals surface area contributed by atoms with Crippen molar-refractivity contribution < 1.29 is 22.7 Å². The van der Waals surface area contributed by atoms with E-state index in [0.29, 0.717) is 16.2 Å². The Balaban J connectivity index is 1.53. The van der Waals surface area contributed by atoms with Crippen LogP contribution in [0.1, 0.15) is 28.8 Å². The third-order valence-corrected chi connectivity index (χ3v) is 6.76. The zero-order valence-electron chi connectivity index (χ0n) is 15.8. The van der Waals surface area contributed by atoms with Crippen molar-refractivity contribution in [1.29, 1.82) is 0 Å². The number of benzene rings is 2. The van der Waals surface area contributed by atoms with E-state index in [9.17, 15) is 18.0 Å². The molecule has 0 saturated heterocycles. The van der Waals surface area contributed by atoms with E-state index in [2.05, 4.69) is 10.3 Å². The Labute approximate surface area is 172 Å². The highest BCUT2D eigenvalue weighted by molar-refractivity contribution is 7.90. The molecule has 0 aliphatic heterocycles. The third-order valence-electron chi connectivity index (χ3n) is 4.14. The van der Waals surface area contributed by atoms with E-state index in [1.807, 2.05) is 6.07 Å². The number of anilines is 1. The number of hydrogen-bond acceptors (Lipinski definition) is 7.